The summed E-state index contributed by atoms with van der Waals surface area (Å²) < 4.78 is 0. The van der Waals surface area contributed by atoms with Crippen molar-refractivity contribution in [1.82, 2.24) is 4.90 Å². The molecule has 0 aromatic heterocycles. The van der Waals surface area contributed by atoms with Gasteiger partial charge in [-0.25, -0.2) is 0 Å². The first-order valence-corrected chi connectivity index (χ1v) is 8.92. The fraction of sp³-hybridized carbons (Fsp3) is 0.882. The van der Waals surface area contributed by atoms with Crippen molar-refractivity contribution in [2.24, 2.45) is 29.2 Å². The smallest absolute Gasteiger partial charge is 0.550 e. The second-order valence-corrected chi connectivity index (χ2v) is 6.33. The van der Waals surface area contributed by atoms with Crippen molar-refractivity contribution < 1.29 is 40.9 Å². The van der Waals surface area contributed by atoms with E-state index < -0.39 is 24.3 Å². The number of nitrogens with two attached hydrogens (primary N) is 2. The monoisotopic (exact) mass is 538 g/mol. The van der Waals surface area contributed by atoms with Crippen molar-refractivity contribution in [3.05, 3.63) is 0 Å². The number of carbonyl (C=O) groups excluding carboxylic acids is 2. The molecule has 4 N–H and O–H groups in total. The number of nitrogens with zero attached hydrogens (tertiary/aromatic N) is 1. The molecule has 0 aliphatic heterocycles. The van der Waals surface area contributed by atoms with Crippen LogP contribution in [-0.4, -0.2) is 49.6 Å². The molecule has 0 aromatic carbocycles. The zero-order valence-corrected chi connectivity index (χ0v) is 17.6. The molecule has 150 valence electrons. The molecule has 0 spiro atoms. The molecule has 1 aliphatic carbocycles. The van der Waals surface area contributed by atoms with Crippen LogP contribution in [0.15, 0.2) is 0 Å². The summed E-state index contributed by atoms with van der Waals surface area (Å²) in [5.41, 5.74) is 10.9. The Morgan fingerprint density at radius 1 is 1.08 bits per heavy atom. The van der Waals surface area contributed by atoms with E-state index in [1.165, 1.54) is 12.8 Å². The van der Waals surface area contributed by atoms with Crippen molar-refractivity contribution in [2.45, 2.75) is 46.0 Å². The van der Waals surface area contributed by atoms with Crippen molar-refractivity contribution >= 4 is 11.9 Å². The van der Waals surface area contributed by atoms with E-state index in [0.29, 0.717) is 12.8 Å². The first-order chi connectivity index (χ1) is 11.4. The molecule has 3 atom stereocenters. The van der Waals surface area contributed by atoms with Gasteiger partial charge in [0.2, 0.25) is 0 Å². The Kier molecular flexibility index (Phi) is 16.8. The van der Waals surface area contributed by atoms with Crippen LogP contribution in [0.25, 0.3) is 0 Å². The molecule has 1 rings (SSSR count). The molecule has 0 radical (unpaired) electrons. The maximum absolute atomic E-state index is 10.6. The Morgan fingerprint density at radius 2 is 1.56 bits per heavy atom. The molecular weight excluding hydrogens is 505 g/mol. The average molecular weight is 539 g/mol. The number of carbonyl (C=O) groups is 2. The van der Waals surface area contributed by atoms with Gasteiger partial charge in [0.1, 0.15) is 0 Å². The summed E-state index contributed by atoms with van der Waals surface area (Å²) >= 11 is 0. The normalized spacial score (nSPS) is 19.9. The minimum Gasteiger partial charge on any atom is -0.550 e. The molecule has 1 saturated carbocycles. The summed E-state index contributed by atoms with van der Waals surface area (Å²) in [7, 11) is 0. The van der Waals surface area contributed by atoms with E-state index in [1.54, 1.807) is 0 Å². The van der Waals surface area contributed by atoms with E-state index in [9.17, 15) is 19.8 Å². The number of hydrogen-bond acceptors (Lipinski definition) is 7. The van der Waals surface area contributed by atoms with Gasteiger partial charge in [0.15, 0.2) is 0 Å². The zero-order valence-electron chi connectivity index (χ0n) is 15.4. The minimum atomic E-state index is -1.34. The molecule has 1 fully saturated rings. The van der Waals surface area contributed by atoms with Crippen molar-refractivity contribution in [3.63, 3.8) is 0 Å². The molecular formula is C17H33N3O4Pt. The minimum absolute atomic E-state index is 0. The van der Waals surface area contributed by atoms with E-state index in [2.05, 4.69) is 4.90 Å². The summed E-state index contributed by atoms with van der Waals surface area (Å²) in [6.45, 7) is 8.33. The number of carboxylic acid groups (broad SMARTS) is 2. The molecule has 0 bridgehead atoms. The number of hydrogen-bond donors (Lipinski definition) is 2. The van der Waals surface area contributed by atoms with Gasteiger partial charge in [-0.1, -0.05) is 13.8 Å². The Hall–Kier alpha value is -0.492. The molecule has 7 nitrogen and oxygen atoms in total. The Balaban J connectivity index is 0. The maximum Gasteiger partial charge on any atom is 2.00 e. The average Bonchev–Trinajstić information content (AvgIpc) is 2.50. The van der Waals surface area contributed by atoms with Crippen LogP contribution in [0.4, 0.5) is 0 Å². The van der Waals surface area contributed by atoms with Crippen LogP contribution in [-0.2, 0) is 30.7 Å². The van der Waals surface area contributed by atoms with Crippen molar-refractivity contribution in [1.29, 1.82) is 0 Å². The summed E-state index contributed by atoms with van der Waals surface area (Å²) in [5, 5.41) is 20.9. The molecule has 0 amide bonds. The third-order valence-electron chi connectivity index (χ3n) is 4.85. The van der Waals surface area contributed by atoms with Gasteiger partial charge in [-0.2, -0.15) is 0 Å². The SMILES string of the molecule is CCN(CC)CCCC(CC(=O)[O-])C(=O)[O-].NCC1CCC1CN.[Pt+2]. The predicted octanol–water partition coefficient (Wildman–Crippen LogP) is -1.46. The van der Waals surface area contributed by atoms with Gasteiger partial charge in [-0.15, -0.1) is 0 Å². The third kappa shape index (κ3) is 11.7. The van der Waals surface area contributed by atoms with Crippen LogP contribution in [0.2, 0.25) is 0 Å². The quantitative estimate of drug-likeness (QED) is 0.328. The van der Waals surface area contributed by atoms with Crippen molar-refractivity contribution in [2.75, 3.05) is 32.7 Å². The van der Waals surface area contributed by atoms with Gasteiger partial charge in [0, 0.05) is 17.9 Å². The van der Waals surface area contributed by atoms with E-state index in [1.807, 2.05) is 13.8 Å². The Morgan fingerprint density at radius 3 is 1.84 bits per heavy atom. The van der Waals surface area contributed by atoms with Crippen molar-refractivity contribution in [3.8, 4) is 0 Å². The van der Waals surface area contributed by atoms with Crippen LogP contribution in [0.1, 0.15) is 46.0 Å². The van der Waals surface area contributed by atoms with E-state index in [4.69, 9.17) is 11.5 Å². The zero-order chi connectivity index (χ0) is 18.5. The van der Waals surface area contributed by atoms with Crippen LogP contribution in [0.3, 0.4) is 0 Å². The van der Waals surface area contributed by atoms with Crippen LogP contribution < -0.4 is 21.7 Å². The summed E-state index contributed by atoms with van der Waals surface area (Å²) in [5.74, 6) is -2.07. The second-order valence-electron chi connectivity index (χ2n) is 6.33. The topological polar surface area (TPSA) is 136 Å². The Labute approximate surface area is 165 Å². The summed E-state index contributed by atoms with van der Waals surface area (Å²) in [6, 6.07) is 0. The molecule has 0 heterocycles. The van der Waals surface area contributed by atoms with E-state index >= 15 is 0 Å². The number of aliphatic carboxylic acids is 2. The second kappa shape index (κ2) is 15.7. The molecule has 8 heteroatoms. The molecule has 3 unspecified atom stereocenters. The third-order valence-corrected chi connectivity index (χ3v) is 4.85. The largest absolute Gasteiger partial charge is 2.00 e. The van der Waals surface area contributed by atoms with Gasteiger partial charge in [0.05, 0.1) is 0 Å². The Bertz CT molecular complexity index is 354. The van der Waals surface area contributed by atoms with Crippen LogP contribution >= 0.6 is 0 Å². The van der Waals surface area contributed by atoms with Crippen LogP contribution in [0, 0.1) is 17.8 Å². The number of rotatable bonds is 11. The molecule has 0 aromatic rings. The maximum atomic E-state index is 10.6. The molecule has 0 saturated heterocycles. The van der Waals surface area contributed by atoms with E-state index in [0.717, 1.165) is 44.6 Å². The van der Waals surface area contributed by atoms with Gasteiger partial charge >= 0.3 is 21.1 Å². The van der Waals surface area contributed by atoms with Gasteiger partial charge < -0.3 is 36.2 Å². The van der Waals surface area contributed by atoms with Crippen LogP contribution in [0.5, 0.6) is 0 Å². The van der Waals surface area contributed by atoms with Gasteiger partial charge in [-0.3, -0.25) is 0 Å². The summed E-state index contributed by atoms with van der Waals surface area (Å²) in [6.07, 6.45) is 3.14. The molecule has 1 aliphatic rings. The van der Waals surface area contributed by atoms with E-state index in [-0.39, 0.29) is 21.1 Å². The first-order valence-electron chi connectivity index (χ1n) is 8.92. The predicted molar refractivity (Wildman–Crippen MR) is 89.5 cm³/mol. The van der Waals surface area contributed by atoms with Gasteiger partial charge in [0.25, 0.3) is 0 Å². The fourth-order valence-electron chi connectivity index (χ4n) is 2.86. The fourth-order valence-corrected chi connectivity index (χ4v) is 2.86. The first kappa shape index (κ1) is 26.7. The number of carboxylic acids is 2. The summed E-state index contributed by atoms with van der Waals surface area (Å²) in [4.78, 5) is 23.1. The standard InChI is InChI=1S/C11H21NO4.C6H14N2.Pt/c1-3-12(4-2)7-5-6-9(11(15)16)8-10(13)14;7-3-5-1-2-6(5)4-8;/h9H,3-8H2,1-2H3,(H,13,14)(H,15,16);5-6H,1-4,7-8H2;/q;;+2/p-2. The van der Waals surface area contributed by atoms with Gasteiger partial charge in [-0.05, 0) is 76.7 Å². The molecule has 25 heavy (non-hydrogen) atoms.